The third-order valence-corrected chi connectivity index (χ3v) is 10.00. The summed E-state index contributed by atoms with van der Waals surface area (Å²) in [6, 6.07) is 24.5. The van der Waals surface area contributed by atoms with Crippen LogP contribution in [0.4, 0.5) is 0 Å². The smallest absolute Gasteiger partial charge is 0.338 e. The number of rotatable bonds is 8. The Morgan fingerprint density at radius 3 is 2.54 bits per heavy atom. The largest absolute Gasteiger partial charge is 0.497 e. The summed E-state index contributed by atoms with van der Waals surface area (Å²) in [5, 5.41) is 3.38. The van der Waals surface area contributed by atoms with Crippen molar-refractivity contribution in [1.29, 1.82) is 0 Å². The molecule has 0 spiro atoms. The number of benzene rings is 4. The zero-order valence-corrected chi connectivity index (χ0v) is 28.4. The van der Waals surface area contributed by atoms with Crippen LogP contribution in [-0.2, 0) is 16.1 Å². The number of hydrogen-bond donors (Lipinski definition) is 0. The molecule has 0 N–H and O–H groups in total. The minimum absolute atomic E-state index is 0.172. The Bertz CT molecular complexity index is 2450. The quantitative estimate of drug-likeness (QED) is 0.169. The van der Waals surface area contributed by atoms with Gasteiger partial charge in [-0.05, 0) is 66.6 Å². The van der Waals surface area contributed by atoms with Crippen LogP contribution in [0, 0.1) is 0 Å². The molecule has 1 unspecified atom stereocenters. The molecule has 0 bridgehead atoms. The first kappa shape index (κ1) is 31.5. The fourth-order valence-corrected chi connectivity index (χ4v) is 7.66. The third kappa shape index (κ3) is 5.38. The summed E-state index contributed by atoms with van der Waals surface area (Å²) in [4.78, 5) is 33.5. The standard InChI is InChI=1S/C38H32ClN3O5S/c1-5-47-37(44)33-22(2)40-38-42(35(33)34-28-19-26(45-3)16-14-23(28)15-17-31(34)46-4)36(43)32(48-38)18-25-21-41(30-13-9-7-11-27(25)30)20-24-10-6-8-12-29(24)39/h6-19,21,35H,5,20H2,1-4H3/b32-18-. The van der Waals surface area contributed by atoms with Crippen molar-refractivity contribution in [1.82, 2.24) is 9.13 Å². The summed E-state index contributed by atoms with van der Waals surface area (Å²) < 4.78 is 21.2. The van der Waals surface area contributed by atoms with Crippen LogP contribution in [0.25, 0.3) is 27.8 Å². The van der Waals surface area contributed by atoms with Gasteiger partial charge in [0.2, 0.25) is 0 Å². The predicted molar refractivity (Wildman–Crippen MR) is 190 cm³/mol. The normalized spacial score (nSPS) is 14.7. The van der Waals surface area contributed by atoms with Crippen LogP contribution >= 0.6 is 22.9 Å². The van der Waals surface area contributed by atoms with Crippen molar-refractivity contribution in [3.8, 4) is 11.5 Å². The van der Waals surface area contributed by atoms with E-state index in [1.807, 2.05) is 85.1 Å². The molecule has 3 heterocycles. The van der Waals surface area contributed by atoms with E-state index in [2.05, 4.69) is 10.6 Å². The number of halogens is 1. The van der Waals surface area contributed by atoms with Crippen LogP contribution in [0.15, 0.2) is 106 Å². The second kappa shape index (κ2) is 12.8. The number of carbonyl (C=O) groups excluding carboxylic acids is 1. The van der Waals surface area contributed by atoms with Gasteiger partial charge in [-0.15, -0.1) is 0 Å². The lowest BCUT2D eigenvalue weighted by Gasteiger charge is -2.27. The van der Waals surface area contributed by atoms with Crippen LogP contribution in [0.3, 0.4) is 0 Å². The van der Waals surface area contributed by atoms with Crippen LogP contribution in [0.5, 0.6) is 11.5 Å². The molecule has 242 valence electrons. The average Bonchev–Trinajstić information content (AvgIpc) is 3.60. The van der Waals surface area contributed by atoms with E-state index in [1.165, 1.54) is 11.3 Å². The van der Waals surface area contributed by atoms with E-state index in [0.29, 0.717) is 43.7 Å². The van der Waals surface area contributed by atoms with E-state index in [9.17, 15) is 9.59 Å². The fraction of sp³-hybridized carbons (Fsp3) is 0.184. The maximum atomic E-state index is 14.6. The lowest BCUT2D eigenvalue weighted by atomic mass is 9.90. The zero-order chi connectivity index (χ0) is 33.5. The van der Waals surface area contributed by atoms with Gasteiger partial charge in [-0.3, -0.25) is 9.36 Å². The number of ether oxygens (including phenoxy) is 3. The van der Waals surface area contributed by atoms with Crippen LogP contribution in [-0.4, -0.2) is 35.9 Å². The predicted octanol–water partition coefficient (Wildman–Crippen LogP) is 6.63. The molecule has 2 aromatic heterocycles. The van der Waals surface area contributed by atoms with E-state index in [1.54, 1.807) is 32.6 Å². The molecule has 0 saturated carbocycles. The SMILES string of the molecule is CCOC(=O)C1=C(C)N=c2s/c(=C\c3cn(Cc4ccccc4Cl)c4ccccc34)c(=O)n2C1c1c(OC)ccc2ccc(OC)cc12. The topological polar surface area (TPSA) is 84.1 Å². The maximum absolute atomic E-state index is 14.6. The number of methoxy groups -OCH3 is 2. The van der Waals surface area contributed by atoms with Gasteiger partial charge in [0.15, 0.2) is 4.80 Å². The Balaban J connectivity index is 1.47. The molecule has 7 rings (SSSR count). The molecule has 1 aliphatic heterocycles. The van der Waals surface area contributed by atoms with Gasteiger partial charge in [-0.25, -0.2) is 9.79 Å². The summed E-state index contributed by atoms with van der Waals surface area (Å²) in [6.07, 6.45) is 3.94. The van der Waals surface area contributed by atoms with E-state index >= 15 is 0 Å². The molecule has 4 aromatic carbocycles. The number of allylic oxidation sites excluding steroid dienone is 1. The molecule has 48 heavy (non-hydrogen) atoms. The van der Waals surface area contributed by atoms with Gasteiger partial charge in [-0.1, -0.05) is 71.5 Å². The Morgan fingerprint density at radius 2 is 1.77 bits per heavy atom. The van der Waals surface area contributed by atoms with Gasteiger partial charge in [0, 0.05) is 39.8 Å². The summed E-state index contributed by atoms with van der Waals surface area (Å²) >= 11 is 7.80. The molecule has 0 radical (unpaired) electrons. The average molecular weight is 678 g/mol. The Labute approximate surface area is 285 Å². The molecule has 0 fully saturated rings. The first-order valence-electron chi connectivity index (χ1n) is 15.5. The minimum atomic E-state index is -0.866. The van der Waals surface area contributed by atoms with Crippen molar-refractivity contribution in [2.75, 3.05) is 20.8 Å². The highest BCUT2D eigenvalue weighted by Crippen LogP contribution is 2.41. The highest BCUT2D eigenvalue weighted by atomic mass is 35.5. The van der Waals surface area contributed by atoms with Crippen molar-refractivity contribution < 1.29 is 19.0 Å². The summed E-state index contributed by atoms with van der Waals surface area (Å²) in [5.74, 6) is 0.619. The molecule has 0 saturated heterocycles. The number of esters is 1. The Morgan fingerprint density at radius 1 is 1.00 bits per heavy atom. The van der Waals surface area contributed by atoms with Gasteiger partial charge < -0.3 is 18.8 Å². The molecular weight excluding hydrogens is 646 g/mol. The number of nitrogens with zero attached hydrogens (tertiary/aromatic N) is 3. The van der Waals surface area contributed by atoms with E-state index < -0.39 is 12.0 Å². The van der Waals surface area contributed by atoms with E-state index in [-0.39, 0.29) is 17.7 Å². The maximum Gasteiger partial charge on any atom is 0.338 e. The van der Waals surface area contributed by atoms with E-state index in [0.717, 1.165) is 32.8 Å². The zero-order valence-electron chi connectivity index (χ0n) is 26.8. The van der Waals surface area contributed by atoms with Crippen molar-refractivity contribution in [3.63, 3.8) is 0 Å². The summed E-state index contributed by atoms with van der Waals surface area (Å²) in [5.41, 5.74) is 4.02. The minimum Gasteiger partial charge on any atom is -0.497 e. The lowest BCUT2D eigenvalue weighted by Crippen LogP contribution is -2.40. The second-order valence-electron chi connectivity index (χ2n) is 11.4. The monoisotopic (exact) mass is 677 g/mol. The molecule has 0 aliphatic carbocycles. The highest BCUT2D eigenvalue weighted by molar-refractivity contribution is 7.07. The Hall–Kier alpha value is -5.12. The molecule has 1 atom stereocenters. The van der Waals surface area contributed by atoms with E-state index in [4.69, 9.17) is 30.8 Å². The van der Waals surface area contributed by atoms with Crippen molar-refractivity contribution >= 4 is 56.7 Å². The van der Waals surface area contributed by atoms with Gasteiger partial charge in [-0.2, -0.15) is 0 Å². The lowest BCUT2D eigenvalue weighted by molar-refractivity contribution is -0.139. The summed E-state index contributed by atoms with van der Waals surface area (Å²) in [6.45, 7) is 4.27. The van der Waals surface area contributed by atoms with Crippen molar-refractivity contribution in [2.45, 2.75) is 26.4 Å². The van der Waals surface area contributed by atoms with Gasteiger partial charge >= 0.3 is 5.97 Å². The summed E-state index contributed by atoms with van der Waals surface area (Å²) in [7, 11) is 3.18. The number of fused-ring (bicyclic) bond motifs is 3. The van der Waals surface area contributed by atoms with Crippen molar-refractivity contribution in [2.24, 2.45) is 4.99 Å². The fourth-order valence-electron chi connectivity index (χ4n) is 6.43. The number of thiazole rings is 1. The molecule has 0 amide bonds. The highest BCUT2D eigenvalue weighted by Gasteiger charge is 2.36. The molecule has 8 nitrogen and oxygen atoms in total. The van der Waals surface area contributed by atoms with Crippen LogP contribution in [0.2, 0.25) is 5.02 Å². The van der Waals surface area contributed by atoms with Crippen molar-refractivity contribution in [3.05, 3.63) is 138 Å². The molecule has 6 aromatic rings. The third-order valence-electron chi connectivity index (χ3n) is 8.65. The number of carbonyl (C=O) groups is 1. The number of para-hydroxylation sites is 1. The van der Waals surface area contributed by atoms with Crippen LogP contribution < -0.4 is 24.4 Å². The second-order valence-corrected chi connectivity index (χ2v) is 12.8. The van der Waals surface area contributed by atoms with Gasteiger partial charge in [0.1, 0.15) is 17.5 Å². The van der Waals surface area contributed by atoms with Crippen LogP contribution in [0.1, 0.15) is 36.6 Å². The first-order valence-corrected chi connectivity index (χ1v) is 16.7. The first-order chi connectivity index (χ1) is 23.3. The van der Waals surface area contributed by atoms with Gasteiger partial charge in [0.25, 0.3) is 5.56 Å². The van der Waals surface area contributed by atoms with Gasteiger partial charge in [0.05, 0.1) is 36.6 Å². The molecule has 10 heteroatoms. The number of hydrogen-bond acceptors (Lipinski definition) is 7. The number of aromatic nitrogens is 2. The molecular formula is C38H32ClN3O5S. The Kier molecular flexibility index (Phi) is 8.41. The molecule has 1 aliphatic rings.